The van der Waals surface area contributed by atoms with Crippen LogP contribution < -0.4 is 0 Å². The molecule has 4 heteroatoms. The van der Waals surface area contributed by atoms with Crippen LogP contribution in [0.2, 0.25) is 0 Å². The SMILES string of the molecule is CC(C)CCCCCCCCCCCCCCOC(=O)c1cccc(C(=O)OCCCCCCCCCCCCCCC(C)C)c1. The Bertz CT molecular complexity index is 781. The highest BCUT2D eigenvalue weighted by atomic mass is 16.5. The van der Waals surface area contributed by atoms with E-state index >= 15 is 0 Å². The lowest BCUT2D eigenvalue weighted by Gasteiger charge is -2.08. The van der Waals surface area contributed by atoms with E-state index in [1.165, 1.54) is 141 Å². The number of hydrogen-bond donors (Lipinski definition) is 0. The van der Waals surface area contributed by atoms with Crippen LogP contribution in [0.25, 0.3) is 0 Å². The predicted molar refractivity (Wildman–Crippen MR) is 197 cm³/mol. The molecule has 0 bridgehead atoms. The van der Waals surface area contributed by atoms with Crippen LogP contribution in [-0.2, 0) is 9.47 Å². The maximum Gasteiger partial charge on any atom is 0.338 e. The number of hydrogen-bond acceptors (Lipinski definition) is 4. The summed E-state index contributed by atoms with van der Waals surface area (Å²) in [4.78, 5) is 25.0. The minimum Gasteiger partial charge on any atom is -0.462 e. The average Bonchev–Trinajstić information content (AvgIpc) is 3.04. The maximum absolute atomic E-state index is 12.5. The van der Waals surface area contributed by atoms with Crippen LogP contribution in [0.5, 0.6) is 0 Å². The van der Waals surface area contributed by atoms with E-state index in [0.29, 0.717) is 24.3 Å². The summed E-state index contributed by atoms with van der Waals surface area (Å²) in [5.41, 5.74) is 0.834. The molecule has 1 rings (SSSR count). The third-order valence-corrected chi connectivity index (χ3v) is 9.15. The van der Waals surface area contributed by atoms with E-state index in [0.717, 1.165) is 37.5 Å². The van der Waals surface area contributed by atoms with Crippen molar-refractivity contribution in [2.45, 2.75) is 195 Å². The molecular formula is C42H74O4. The van der Waals surface area contributed by atoms with Crippen LogP contribution in [0, 0.1) is 11.8 Å². The lowest BCUT2D eigenvalue weighted by atomic mass is 10.0. The fraction of sp³-hybridized carbons (Fsp3) is 0.810. The van der Waals surface area contributed by atoms with Gasteiger partial charge in [0.05, 0.1) is 24.3 Å². The average molecular weight is 643 g/mol. The Morgan fingerprint density at radius 2 is 0.696 bits per heavy atom. The monoisotopic (exact) mass is 643 g/mol. The summed E-state index contributed by atoms with van der Waals surface area (Å²) < 4.78 is 11.0. The van der Waals surface area contributed by atoms with Crippen molar-refractivity contribution in [2.75, 3.05) is 13.2 Å². The topological polar surface area (TPSA) is 52.6 Å². The first-order valence-electron chi connectivity index (χ1n) is 19.8. The van der Waals surface area contributed by atoms with Crippen LogP contribution in [0.4, 0.5) is 0 Å². The van der Waals surface area contributed by atoms with Crippen molar-refractivity contribution in [3.05, 3.63) is 35.4 Å². The molecular weight excluding hydrogens is 568 g/mol. The third kappa shape index (κ3) is 26.3. The summed E-state index contributed by atoms with van der Waals surface area (Å²) in [6.07, 6.45) is 33.7. The molecule has 4 nitrogen and oxygen atoms in total. The standard InChI is InChI=1S/C42H74O4/c1-37(2)30-25-21-17-13-9-5-7-11-15-19-23-27-34-45-41(43)39-32-29-33-40(36-39)42(44)46-35-28-24-20-16-12-8-6-10-14-18-22-26-31-38(3)4/h29,32-33,36-38H,5-28,30-31,34-35H2,1-4H3. The van der Waals surface area contributed by atoms with Gasteiger partial charge < -0.3 is 9.47 Å². The molecule has 0 fully saturated rings. The van der Waals surface area contributed by atoms with Crippen LogP contribution in [-0.4, -0.2) is 25.2 Å². The van der Waals surface area contributed by atoms with Crippen LogP contribution in [0.1, 0.15) is 215 Å². The molecule has 1 aromatic carbocycles. The molecule has 0 unspecified atom stereocenters. The van der Waals surface area contributed by atoms with Crippen molar-refractivity contribution in [3.63, 3.8) is 0 Å². The fourth-order valence-electron chi connectivity index (χ4n) is 6.11. The quantitative estimate of drug-likeness (QED) is 0.0579. The Balaban J connectivity index is 1.98. The second-order valence-corrected chi connectivity index (χ2v) is 14.7. The van der Waals surface area contributed by atoms with Crippen molar-refractivity contribution < 1.29 is 19.1 Å². The van der Waals surface area contributed by atoms with Gasteiger partial charge >= 0.3 is 11.9 Å². The molecule has 0 aliphatic carbocycles. The zero-order valence-electron chi connectivity index (χ0n) is 30.9. The minimum atomic E-state index is -0.361. The summed E-state index contributed by atoms with van der Waals surface area (Å²) in [6.45, 7) is 10.1. The highest BCUT2D eigenvalue weighted by molar-refractivity contribution is 5.95. The van der Waals surface area contributed by atoms with Gasteiger partial charge in [0.25, 0.3) is 0 Å². The second-order valence-electron chi connectivity index (χ2n) is 14.7. The Morgan fingerprint density at radius 1 is 0.435 bits per heavy atom. The van der Waals surface area contributed by atoms with Crippen LogP contribution >= 0.6 is 0 Å². The molecule has 0 spiro atoms. The van der Waals surface area contributed by atoms with Gasteiger partial charge in [-0.3, -0.25) is 0 Å². The molecule has 0 aromatic heterocycles. The molecule has 0 saturated carbocycles. The minimum absolute atomic E-state index is 0.361. The van der Waals surface area contributed by atoms with Crippen molar-refractivity contribution >= 4 is 11.9 Å². The smallest absolute Gasteiger partial charge is 0.338 e. The molecule has 0 heterocycles. The highest BCUT2D eigenvalue weighted by Gasteiger charge is 2.12. The Hall–Kier alpha value is -1.84. The van der Waals surface area contributed by atoms with E-state index in [9.17, 15) is 9.59 Å². The molecule has 46 heavy (non-hydrogen) atoms. The molecule has 0 saturated heterocycles. The maximum atomic E-state index is 12.5. The first-order chi connectivity index (χ1) is 22.4. The Morgan fingerprint density at radius 3 is 0.978 bits per heavy atom. The van der Waals surface area contributed by atoms with Gasteiger partial charge in [-0.2, -0.15) is 0 Å². The van der Waals surface area contributed by atoms with Crippen molar-refractivity contribution in [2.24, 2.45) is 11.8 Å². The number of unbranched alkanes of at least 4 members (excludes halogenated alkanes) is 22. The summed E-state index contributed by atoms with van der Waals surface area (Å²) >= 11 is 0. The van der Waals surface area contributed by atoms with Gasteiger partial charge in [0.15, 0.2) is 0 Å². The summed E-state index contributed by atoms with van der Waals surface area (Å²) in [7, 11) is 0. The largest absolute Gasteiger partial charge is 0.462 e. The van der Waals surface area contributed by atoms with E-state index in [1.54, 1.807) is 24.3 Å². The lowest BCUT2D eigenvalue weighted by Crippen LogP contribution is -2.10. The number of carbonyl (C=O) groups excluding carboxylic acids is 2. The second kappa shape index (κ2) is 30.5. The third-order valence-electron chi connectivity index (χ3n) is 9.15. The molecule has 0 N–H and O–H groups in total. The number of esters is 2. The summed E-state index contributed by atoms with van der Waals surface area (Å²) in [5, 5.41) is 0. The molecule has 0 aliphatic heterocycles. The zero-order chi connectivity index (χ0) is 33.5. The van der Waals surface area contributed by atoms with E-state index in [1.807, 2.05) is 0 Å². The number of rotatable bonds is 32. The van der Waals surface area contributed by atoms with E-state index in [2.05, 4.69) is 27.7 Å². The Labute approximate surface area is 285 Å². The Kier molecular flexibility index (Phi) is 28.0. The fourth-order valence-corrected chi connectivity index (χ4v) is 6.11. The predicted octanol–water partition coefficient (Wildman–Crippen LogP) is 13.5. The normalized spacial score (nSPS) is 11.4. The zero-order valence-corrected chi connectivity index (χ0v) is 30.9. The van der Waals surface area contributed by atoms with Crippen molar-refractivity contribution in [1.82, 2.24) is 0 Å². The van der Waals surface area contributed by atoms with Gasteiger partial charge in [-0.05, 0) is 42.9 Å². The molecule has 0 aliphatic rings. The van der Waals surface area contributed by atoms with E-state index in [-0.39, 0.29) is 11.9 Å². The molecule has 0 atom stereocenters. The molecule has 266 valence electrons. The highest BCUT2D eigenvalue weighted by Crippen LogP contribution is 2.16. The summed E-state index contributed by atoms with van der Waals surface area (Å²) in [6, 6.07) is 6.74. The first-order valence-corrected chi connectivity index (χ1v) is 19.8. The van der Waals surface area contributed by atoms with Crippen molar-refractivity contribution in [3.8, 4) is 0 Å². The van der Waals surface area contributed by atoms with Crippen molar-refractivity contribution in [1.29, 1.82) is 0 Å². The molecule has 0 amide bonds. The number of ether oxygens (including phenoxy) is 2. The summed E-state index contributed by atoms with van der Waals surface area (Å²) in [5.74, 6) is 0.972. The van der Waals surface area contributed by atoms with Gasteiger partial charge in [0, 0.05) is 0 Å². The lowest BCUT2D eigenvalue weighted by molar-refractivity contribution is 0.0496. The van der Waals surface area contributed by atoms with Gasteiger partial charge in [-0.15, -0.1) is 0 Å². The van der Waals surface area contributed by atoms with E-state index in [4.69, 9.17) is 9.47 Å². The number of benzene rings is 1. The van der Waals surface area contributed by atoms with Crippen LogP contribution in [0.3, 0.4) is 0 Å². The molecule has 0 radical (unpaired) electrons. The first kappa shape index (κ1) is 42.2. The number of carbonyl (C=O) groups is 2. The molecule has 1 aromatic rings. The van der Waals surface area contributed by atoms with E-state index < -0.39 is 0 Å². The van der Waals surface area contributed by atoms with Gasteiger partial charge in [-0.25, -0.2) is 9.59 Å². The van der Waals surface area contributed by atoms with Gasteiger partial charge in [0.1, 0.15) is 0 Å². The van der Waals surface area contributed by atoms with Gasteiger partial charge in [-0.1, -0.05) is 188 Å². The van der Waals surface area contributed by atoms with Crippen LogP contribution in [0.15, 0.2) is 24.3 Å². The van der Waals surface area contributed by atoms with Gasteiger partial charge in [0.2, 0.25) is 0 Å².